The Morgan fingerprint density at radius 2 is 2.16 bits per heavy atom. The predicted octanol–water partition coefficient (Wildman–Crippen LogP) is 2.09. The smallest absolute Gasteiger partial charge is 0.319 e. The van der Waals surface area contributed by atoms with Gasteiger partial charge in [0.2, 0.25) is 5.91 Å². The number of thioether (sulfide) groups is 1. The van der Waals surface area contributed by atoms with Crippen molar-refractivity contribution in [2.45, 2.75) is 12.8 Å². The number of ether oxygens (including phenoxy) is 1. The van der Waals surface area contributed by atoms with Gasteiger partial charge in [-0.1, -0.05) is 18.2 Å². The molecule has 0 radical (unpaired) electrons. The van der Waals surface area contributed by atoms with Crippen LogP contribution in [0.2, 0.25) is 0 Å². The van der Waals surface area contributed by atoms with Crippen LogP contribution in [0.3, 0.4) is 0 Å². The molecule has 1 aliphatic heterocycles. The van der Waals surface area contributed by atoms with Crippen LogP contribution < -0.4 is 5.32 Å². The lowest BCUT2D eigenvalue weighted by atomic mass is 9.78. The summed E-state index contributed by atoms with van der Waals surface area (Å²) in [5, 5.41) is 23.7. The lowest BCUT2D eigenvalue weighted by Crippen LogP contribution is -2.44. The number of allylic oxidation sites excluding steroid dienone is 1. The van der Waals surface area contributed by atoms with Crippen LogP contribution in [0.1, 0.15) is 18.4 Å². The number of hydrogen-bond acceptors (Lipinski definition) is 7. The second kappa shape index (κ2) is 7.81. The Hall–Kier alpha value is -2.86. The molecular weight excluding hydrogens is 346 g/mol. The van der Waals surface area contributed by atoms with Gasteiger partial charge in [-0.15, -0.1) is 11.8 Å². The monoisotopic (exact) mass is 361 g/mol. The van der Waals surface area contributed by atoms with E-state index in [1.54, 1.807) is 19.2 Å². The summed E-state index contributed by atoms with van der Waals surface area (Å²) in [5.74, 6) is -3.92. The first-order chi connectivity index (χ1) is 12.0. The van der Waals surface area contributed by atoms with E-state index in [9.17, 15) is 25.0 Å². The van der Waals surface area contributed by atoms with Crippen molar-refractivity contribution in [3.63, 3.8) is 0 Å². The van der Waals surface area contributed by atoms with Gasteiger partial charge in [0.1, 0.15) is 5.92 Å². The Morgan fingerprint density at radius 1 is 1.48 bits per heavy atom. The van der Waals surface area contributed by atoms with Crippen LogP contribution in [0, 0.1) is 27.4 Å². The van der Waals surface area contributed by atoms with Gasteiger partial charge in [0.25, 0.3) is 5.69 Å². The summed E-state index contributed by atoms with van der Waals surface area (Å²) in [7, 11) is 0. The number of esters is 1. The molecule has 1 aromatic carbocycles. The van der Waals surface area contributed by atoms with E-state index >= 15 is 0 Å². The van der Waals surface area contributed by atoms with Gasteiger partial charge in [-0.25, -0.2) is 0 Å². The largest absolute Gasteiger partial charge is 0.465 e. The first kappa shape index (κ1) is 18.5. The number of nitrogens with zero attached hydrogens (tertiary/aromatic N) is 2. The molecule has 1 N–H and O–H groups in total. The molecule has 25 heavy (non-hydrogen) atoms. The first-order valence-corrected chi connectivity index (χ1v) is 8.57. The number of rotatable bonds is 5. The van der Waals surface area contributed by atoms with E-state index in [0.717, 1.165) is 11.8 Å². The van der Waals surface area contributed by atoms with Crippen molar-refractivity contribution in [2.24, 2.45) is 5.92 Å². The van der Waals surface area contributed by atoms with E-state index in [-0.39, 0.29) is 28.5 Å². The van der Waals surface area contributed by atoms with Crippen LogP contribution in [-0.4, -0.2) is 29.7 Å². The molecule has 1 amide bonds. The van der Waals surface area contributed by atoms with Crippen LogP contribution in [0.25, 0.3) is 0 Å². The van der Waals surface area contributed by atoms with Crippen molar-refractivity contribution in [2.75, 3.05) is 12.9 Å². The second-order valence-electron chi connectivity index (χ2n) is 5.07. The number of amides is 1. The molecule has 0 bridgehead atoms. The highest BCUT2D eigenvalue weighted by atomic mass is 32.2. The lowest BCUT2D eigenvalue weighted by molar-refractivity contribution is -0.385. The van der Waals surface area contributed by atoms with Crippen LogP contribution in [0.15, 0.2) is 34.9 Å². The molecule has 9 heteroatoms. The van der Waals surface area contributed by atoms with Gasteiger partial charge in [0.05, 0.1) is 34.1 Å². The second-order valence-corrected chi connectivity index (χ2v) is 5.89. The van der Waals surface area contributed by atoms with Crippen molar-refractivity contribution < 1.29 is 19.2 Å². The molecule has 2 rings (SSSR count). The molecule has 0 fully saturated rings. The zero-order valence-corrected chi connectivity index (χ0v) is 14.3. The molecule has 1 aliphatic rings. The summed E-state index contributed by atoms with van der Waals surface area (Å²) in [5.41, 5.74) is -0.0346. The van der Waals surface area contributed by atoms with E-state index in [1.807, 2.05) is 6.07 Å². The van der Waals surface area contributed by atoms with Crippen LogP contribution in [-0.2, 0) is 14.3 Å². The van der Waals surface area contributed by atoms with Crippen LogP contribution in [0.4, 0.5) is 5.69 Å². The summed E-state index contributed by atoms with van der Waals surface area (Å²) in [6.45, 7) is 1.64. The minimum Gasteiger partial charge on any atom is -0.465 e. The SMILES string of the molecule is CCOC(=O)[C@H]1C(=O)NC(SC)=C(C#N)[C@@H]1c1ccccc1[N+](=O)[O-]. The van der Waals surface area contributed by atoms with E-state index in [0.29, 0.717) is 0 Å². The first-order valence-electron chi connectivity index (χ1n) is 7.35. The summed E-state index contributed by atoms with van der Waals surface area (Å²) in [6, 6.07) is 7.75. The predicted molar refractivity (Wildman–Crippen MR) is 90.3 cm³/mol. The highest BCUT2D eigenvalue weighted by molar-refractivity contribution is 8.02. The third kappa shape index (κ3) is 3.49. The highest BCUT2D eigenvalue weighted by Gasteiger charge is 2.46. The van der Waals surface area contributed by atoms with Crippen LogP contribution in [0.5, 0.6) is 0 Å². The summed E-state index contributed by atoms with van der Waals surface area (Å²) >= 11 is 1.13. The quantitative estimate of drug-likeness (QED) is 0.369. The number of benzene rings is 1. The maximum absolute atomic E-state index is 12.5. The number of carbonyl (C=O) groups excluding carboxylic acids is 2. The number of nitro benzene ring substituents is 1. The van der Waals surface area contributed by atoms with E-state index in [2.05, 4.69) is 5.32 Å². The molecule has 0 spiro atoms. The van der Waals surface area contributed by atoms with Crippen molar-refractivity contribution in [1.82, 2.24) is 5.32 Å². The van der Waals surface area contributed by atoms with Gasteiger partial charge in [0.15, 0.2) is 0 Å². The molecular formula is C16H15N3O5S. The molecule has 0 unspecified atom stereocenters. The molecule has 1 heterocycles. The van der Waals surface area contributed by atoms with Crippen molar-refractivity contribution in [3.05, 3.63) is 50.5 Å². The fourth-order valence-electron chi connectivity index (χ4n) is 2.72. The molecule has 0 saturated carbocycles. The standard InChI is InChI=1S/C16H15N3O5S/c1-3-24-16(21)13-12(9-6-4-5-7-11(9)19(22)23)10(8-17)15(25-2)18-14(13)20/h4-7,12-13H,3H2,1-2H3,(H,18,20)/t12-,13+/m0/s1. The normalized spacial score (nSPS) is 19.8. The Morgan fingerprint density at radius 3 is 2.72 bits per heavy atom. The Balaban J connectivity index is 2.73. The lowest BCUT2D eigenvalue weighted by Gasteiger charge is -2.30. The third-order valence-corrected chi connectivity index (χ3v) is 4.47. The van der Waals surface area contributed by atoms with Crippen molar-refractivity contribution in [1.29, 1.82) is 5.26 Å². The summed E-state index contributed by atoms with van der Waals surface area (Å²) < 4.78 is 4.96. The molecule has 0 aromatic heterocycles. The van der Waals surface area contributed by atoms with Crippen molar-refractivity contribution >= 4 is 29.3 Å². The van der Waals surface area contributed by atoms with Gasteiger partial charge in [-0.3, -0.25) is 19.7 Å². The zero-order valence-electron chi connectivity index (χ0n) is 13.5. The molecule has 0 aliphatic carbocycles. The fraction of sp³-hybridized carbons (Fsp3) is 0.312. The highest BCUT2D eigenvalue weighted by Crippen LogP contribution is 2.42. The molecule has 1 aromatic rings. The summed E-state index contributed by atoms with van der Waals surface area (Å²) in [6.07, 6.45) is 1.66. The van der Waals surface area contributed by atoms with E-state index in [1.165, 1.54) is 18.2 Å². The zero-order chi connectivity index (χ0) is 18.6. The molecule has 8 nitrogen and oxygen atoms in total. The third-order valence-electron chi connectivity index (χ3n) is 3.74. The van der Waals surface area contributed by atoms with Gasteiger partial charge >= 0.3 is 5.97 Å². The Bertz CT molecular complexity index is 799. The van der Waals surface area contributed by atoms with Crippen molar-refractivity contribution in [3.8, 4) is 6.07 Å². The minimum absolute atomic E-state index is 0.0488. The Kier molecular flexibility index (Phi) is 5.77. The average molecular weight is 361 g/mol. The van der Waals surface area contributed by atoms with Gasteiger partial charge < -0.3 is 10.1 Å². The number of hydrogen-bond donors (Lipinski definition) is 1. The molecule has 0 saturated heterocycles. The Labute approximate surface area is 148 Å². The molecule has 130 valence electrons. The maximum Gasteiger partial charge on any atom is 0.319 e. The van der Waals surface area contributed by atoms with E-state index < -0.39 is 28.6 Å². The topological polar surface area (TPSA) is 122 Å². The average Bonchev–Trinajstić information content (AvgIpc) is 2.60. The van der Waals surface area contributed by atoms with Crippen LogP contribution >= 0.6 is 11.8 Å². The minimum atomic E-state index is -1.37. The maximum atomic E-state index is 12.5. The number of nitro groups is 1. The van der Waals surface area contributed by atoms with Gasteiger partial charge in [-0.2, -0.15) is 5.26 Å². The number of nitriles is 1. The van der Waals surface area contributed by atoms with Gasteiger partial charge in [-0.05, 0) is 13.2 Å². The van der Waals surface area contributed by atoms with Gasteiger partial charge in [0, 0.05) is 11.6 Å². The van der Waals surface area contributed by atoms with E-state index in [4.69, 9.17) is 4.74 Å². The summed E-state index contributed by atoms with van der Waals surface area (Å²) in [4.78, 5) is 35.6. The number of nitrogens with one attached hydrogen (secondary N) is 1. The molecule has 2 atom stereocenters. The fourth-order valence-corrected chi connectivity index (χ4v) is 3.32. The number of para-hydroxylation sites is 1. The number of carbonyl (C=O) groups is 2.